The fourth-order valence-electron chi connectivity index (χ4n) is 0.842. The van der Waals surface area contributed by atoms with Crippen molar-refractivity contribution in [2.45, 2.75) is 11.3 Å². The molecule has 6 nitrogen and oxygen atoms in total. The third-order valence-electron chi connectivity index (χ3n) is 1.66. The van der Waals surface area contributed by atoms with Crippen LogP contribution in [0.2, 0.25) is 0 Å². The monoisotopic (exact) mass is 270 g/mol. The number of hydrogen-bond donors (Lipinski definition) is 2. The van der Waals surface area contributed by atoms with Gasteiger partial charge in [0.25, 0.3) is 0 Å². The first-order valence-corrected chi connectivity index (χ1v) is 5.36. The van der Waals surface area contributed by atoms with Crippen molar-refractivity contribution in [1.29, 1.82) is 0 Å². The van der Waals surface area contributed by atoms with Gasteiger partial charge in [-0.25, -0.2) is 9.89 Å². The molecule has 96 valence electrons. The van der Waals surface area contributed by atoms with Gasteiger partial charge in [-0.1, -0.05) is 11.8 Å². The molecule has 0 aliphatic heterocycles. The summed E-state index contributed by atoms with van der Waals surface area (Å²) in [6.07, 6.45) is -4.43. The minimum Gasteiger partial charge on any atom is -0.346 e. The molecule has 1 aromatic rings. The average molecular weight is 270 g/mol. The maximum Gasteiger partial charge on any atom is 0.405 e. The Hall–Kier alpha value is -1.45. The van der Waals surface area contributed by atoms with Crippen LogP contribution in [0.1, 0.15) is 0 Å². The van der Waals surface area contributed by atoms with E-state index in [4.69, 9.17) is 0 Å². The predicted molar refractivity (Wildman–Crippen MR) is 53.6 cm³/mol. The molecule has 0 unspecified atom stereocenters. The van der Waals surface area contributed by atoms with Crippen LogP contribution in [0.15, 0.2) is 9.95 Å². The summed E-state index contributed by atoms with van der Waals surface area (Å²) in [6, 6.07) is 0. The van der Waals surface area contributed by atoms with Crippen LogP contribution in [0.5, 0.6) is 0 Å². The molecule has 1 rings (SSSR count). The molecule has 0 aromatic carbocycles. The highest BCUT2D eigenvalue weighted by Crippen LogP contribution is 2.13. The molecule has 0 spiro atoms. The van der Waals surface area contributed by atoms with Gasteiger partial charge in [0.2, 0.25) is 5.91 Å². The molecule has 10 heteroatoms. The van der Waals surface area contributed by atoms with E-state index >= 15 is 0 Å². The van der Waals surface area contributed by atoms with Crippen LogP contribution in [0, 0.1) is 0 Å². The lowest BCUT2D eigenvalue weighted by Crippen LogP contribution is -2.34. The Kier molecular flexibility index (Phi) is 4.21. The summed E-state index contributed by atoms with van der Waals surface area (Å²) in [5, 5.41) is 7.67. The Bertz CT molecular complexity index is 453. The number of rotatable bonds is 4. The quantitative estimate of drug-likeness (QED) is 0.747. The van der Waals surface area contributed by atoms with Gasteiger partial charge in [-0.2, -0.15) is 13.2 Å². The smallest absolute Gasteiger partial charge is 0.346 e. The Morgan fingerprint density at radius 3 is 2.71 bits per heavy atom. The van der Waals surface area contributed by atoms with Gasteiger partial charge in [-0.05, 0) is 0 Å². The highest BCUT2D eigenvalue weighted by Gasteiger charge is 2.27. The summed E-state index contributed by atoms with van der Waals surface area (Å²) in [4.78, 5) is 21.9. The van der Waals surface area contributed by atoms with Crippen molar-refractivity contribution in [3.8, 4) is 0 Å². The maximum absolute atomic E-state index is 11.8. The Morgan fingerprint density at radius 1 is 1.59 bits per heavy atom. The Balaban J connectivity index is 2.39. The molecule has 2 N–H and O–H groups in total. The van der Waals surface area contributed by atoms with E-state index in [1.807, 2.05) is 0 Å². The molecule has 0 aliphatic carbocycles. The maximum atomic E-state index is 11.8. The molecular formula is C7H9F3N4O2S. The number of nitrogens with one attached hydrogen (secondary N) is 2. The van der Waals surface area contributed by atoms with Gasteiger partial charge >= 0.3 is 11.9 Å². The second-order valence-electron chi connectivity index (χ2n) is 3.05. The van der Waals surface area contributed by atoms with Crippen molar-refractivity contribution in [2.75, 3.05) is 12.3 Å². The average Bonchev–Trinajstić information content (AvgIpc) is 2.53. The molecule has 0 fully saturated rings. The molecular weight excluding hydrogens is 261 g/mol. The number of halogens is 3. The zero-order valence-electron chi connectivity index (χ0n) is 8.67. The number of alkyl halides is 3. The van der Waals surface area contributed by atoms with E-state index in [0.717, 1.165) is 16.3 Å². The second-order valence-corrected chi connectivity index (χ2v) is 3.99. The van der Waals surface area contributed by atoms with Gasteiger partial charge in [0.1, 0.15) is 6.54 Å². The molecule has 1 amide bonds. The van der Waals surface area contributed by atoms with E-state index in [1.54, 1.807) is 5.32 Å². The summed E-state index contributed by atoms with van der Waals surface area (Å²) >= 11 is 0.868. The van der Waals surface area contributed by atoms with Gasteiger partial charge in [-0.3, -0.25) is 9.36 Å². The van der Waals surface area contributed by atoms with E-state index in [0.29, 0.717) is 0 Å². The van der Waals surface area contributed by atoms with Crippen molar-refractivity contribution in [1.82, 2.24) is 20.1 Å². The molecule has 17 heavy (non-hydrogen) atoms. The van der Waals surface area contributed by atoms with E-state index < -0.39 is 24.3 Å². The van der Waals surface area contributed by atoms with E-state index in [-0.39, 0.29) is 10.9 Å². The first-order valence-electron chi connectivity index (χ1n) is 4.37. The van der Waals surface area contributed by atoms with Gasteiger partial charge in [0.05, 0.1) is 5.75 Å². The lowest BCUT2D eigenvalue weighted by Gasteiger charge is -2.07. The number of aromatic nitrogens is 3. The number of carbonyl (C=O) groups excluding carboxylic acids is 1. The number of carbonyl (C=O) groups is 1. The molecule has 1 heterocycles. The van der Waals surface area contributed by atoms with Crippen LogP contribution >= 0.6 is 11.8 Å². The topological polar surface area (TPSA) is 79.8 Å². The van der Waals surface area contributed by atoms with Crippen LogP contribution in [0.4, 0.5) is 13.2 Å². The van der Waals surface area contributed by atoms with Gasteiger partial charge in [0, 0.05) is 7.05 Å². The molecule has 1 aromatic heterocycles. The second kappa shape index (κ2) is 5.25. The first-order chi connectivity index (χ1) is 7.79. The SMILES string of the molecule is Cn1c(SCC(=O)NCC(F)(F)F)n[nH]c1=O. The summed E-state index contributed by atoms with van der Waals surface area (Å²) in [7, 11) is 1.43. The Labute approximate surface area is 97.6 Å². The molecule has 0 radical (unpaired) electrons. The predicted octanol–water partition coefficient (Wildman–Crippen LogP) is -0.121. The van der Waals surface area contributed by atoms with Crippen molar-refractivity contribution in [2.24, 2.45) is 7.05 Å². The molecule has 0 aliphatic rings. The summed E-state index contributed by atoms with van der Waals surface area (Å²) in [5.41, 5.74) is -0.455. The summed E-state index contributed by atoms with van der Waals surface area (Å²) in [6.45, 7) is -1.37. The van der Waals surface area contributed by atoms with Crippen LogP contribution in [0.25, 0.3) is 0 Å². The van der Waals surface area contributed by atoms with E-state index in [1.165, 1.54) is 7.05 Å². The van der Waals surface area contributed by atoms with Crippen molar-refractivity contribution >= 4 is 17.7 Å². The van der Waals surface area contributed by atoms with Crippen LogP contribution in [-0.2, 0) is 11.8 Å². The van der Waals surface area contributed by atoms with Crippen molar-refractivity contribution in [3.05, 3.63) is 10.5 Å². The molecule has 0 saturated heterocycles. The highest BCUT2D eigenvalue weighted by atomic mass is 32.2. The third-order valence-corrected chi connectivity index (χ3v) is 2.69. The largest absolute Gasteiger partial charge is 0.405 e. The molecule has 0 saturated carbocycles. The zero-order valence-corrected chi connectivity index (χ0v) is 9.48. The molecule has 0 atom stereocenters. The number of nitrogens with zero attached hydrogens (tertiary/aromatic N) is 2. The number of H-pyrrole nitrogens is 1. The number of aromatic amines is 1. The minimum atomic E-state index is -4.43. The summed E-state index contributed by atoms with van der Waals surface area (Å²) in [5.74, 6) is -1.02. The highest BCUT2D eigenvalue weighted by molar-refractivity contribution is 7.99. The lowest BCUT2D eigenvalue weighted by atomic mass is 10.6. The van der Waals surface area contributed by atoms with Crippen LogP contribution < -0.4 is 11.0 Å². The van der Waals surface area contributed by atoms with Gasteiger partial charge in [0.15, 0.2) is 5.16 Å². The van der Waals surface area contributed by atoms with E-state index in [9.17, 15) is 22.8 Å². The fraction of sp³-hybridized carbons (Fsp3) is 0.571. The third kappa shape index (κ3) is 4.51. The van der Waals surface area contributed by atoms with Gasteiger partial charge < -0.3 is 5.32 Å². The molecule has 0 bridgehead atoms. The Morgan fingerprint density at radius 2 is 2.24 bits per heavy atom. The first kappa shape index (κ1) is 13.6. The normalized spacial score (nSPS) is 11.5. The number of hydrogen-bond acceptors (Lipinski definition) is 4. The van der Waals surface area contributed by atoms with Crippen LogP contribution in [-0.4, -0.2) is 39.1 Å². The van der Waals surface area contributed by atoms with E-state index in [2.05, 4.69) is 10.2 Å². The minimum absolute atomic E-state index is 0.233. The van der Waals surface area contributed by atoms with Crippen molar-refractivity contribution < 1.29 is 18.0 Å². The standard InChI is InChI=1S/C7H9F3N4O2S/c1-14-5(16)12-13-6(14)17-2-4(15)11-3-7(8,9)10/h2-3H2,1H3,(H,11,15)(H,12,16). The number of thioether (sulfide) groups is 1. The number of amides is 1. The fourth-order valence-corrected chi connectivity index (χ4v) is 1.59. The lowest BCUT2D eigenvalue weighted by molar-refractivity contribution is -0.136. The summed E-state index contributed by atoms with van der Waals surface area (Å²) < 4.78 is 36.4. The van der Waals surface area contributed by atoms with Crippen LogP contribution in [0.3, 0.4) is 0 Å². The van der Waals surface area contributed by atoms with Crippen molar-refractivity contribution in [3.63, 3.8) is 0 Å². The van der Waals surface area contributed by atoms with Gasteiger partial charge in [-0.15, -0.1) is 5.10 Å². The zero-order chi connectivity index (χ0) is 13.1.